The first-order valence-electron chi connectivity index (χ1n) is 21.3. The van der Waals surface area contributed by atoms with Crippen LogP contribution in [0.4, 0.5) is 0 Å². The van der Waals surface area contributed by atoms with Crippen molar-refractivity contribution in [2.24, 2.45) is 0 Å². The van der Waals surface area contributed by atoms with Crippen molar-refractivity contribution in [3.05, 3.63) is 29.8 Å². The summed E-state index contributed by atoms with van der Waals surface area (Å²) in [5, 5.41) is 66.5. The molecule has 6 amide bonds. The number of hydrogen-bond acceptors (Lipinski definition) is 16. The molecular weight excluding hydrogens is 890 g/mol. The standard InChI is InChI=1S/C41H59N9O17/c1-24(44-32(54)16-42-33(55)19-46(10-12-47(20-35(57)58)21-36(59)60)11-13-48(22-37(61)62)23-38(63)64)39(65)43-17-34(56)50-18-28(53)15-31(50)41(67)49-9-3-4-30(49)40(66)45-29(25(2)51)14-26-5-7-27(52)8-6-26/h5-8,24,28-31,52-53H,3-4,9-23H2,1-2H3,(H,42,55)(H,43,65)(H,44,54)(H,45,66)(H,57,58)(H,59,60)(H,61,62)(H,63,64)/t24?,28-,29?,30?,31?/m0/s1. The highest BCUT2D eigenvalue weighted by Crippen LogP contribution is 2.26. The van der Waals surface area contributed by atoms with Crippen molar-refractivity contribution in [1.29, 1.82) is 0 Å². The first-order chi connectivity index (χ1) is 31.5. The predicted molar refractivity (Wildman–Crippen MR) is 229 cm³/mol. The summed E-state index contributed by atoms with van der Waals surface area (Å²) >= 11 is 0. The number of carboxylic acids is 4. The van der Waals surface area contributed by atoms with Crippen LogP contribution in [0.15, 0.2) is 24.3 Å². The molecule has 3 rings (SSSR count). The molecule has 0 radical (unpaired) electrons. The number of aromatic hydroxyl groups is 1. The number of aliphatic hydroxyl groups is 1. The van der Waals surface area contributed by atoms with E-state index in [0.717, 1.165) is 14.7 Å². The number of benzene rings is 1. The zero-order chi connectivity index (χ0) is 50.0. The van der Waals surface area contributed by atoms with Crippen LogP contribution in [0.25, 0.3) is 0 Å². The van der Waals surface area contributed by atoms with Gasteiger partial charge in [-0.05, 0) is 50.8 Å². The molecule has 1 aromatic rings. The van der Waals surface area contributed by atoms with Crippen LogP contribution in [-0.4, -0.2) is 236 Å². The van der Waals surface area contributed by atoms with Gasteiger partial charge in [0.15, 0.2) is 5.78 Å². The Morgan fingerprint density at radius 1 is 0.687 bits per heavy atom. The summed E-state index contributed by atoms with van der Waals surface area (Å²) < 4.78 is 0. The SMILES string of the molecule is CC(=O)C(Cc1ccc(O)cc1)NC(=O)C1CCCN1C(=O)C1C[C@H](O)CN1C(=O)CNC(=O)C(C)NC(=O)CNC(=O)CN(CCN(CC(=O)O)CC(=O)O)CCN(CC(=O)O)CC(=O)O. The van der Waals surface area contributed by atoms with Crippen molar-refractivity contribution in [3.8, 4) is 5.75 Å². The number of carboxylic acid groups (broad SMARTS) is 4. The number of phenols is 1. The maximum Gasteiger partial charge on any atom is 0.317 e. The normalized spacial score (nSPS) is 17.7. The quantitative estimate of drug-likeness (QED) is 0.0376. The number of rotatable bonds is 28. The molecule has 0 saturated carbocycles. The van der Waals surface area contributed by atoms with Crippen molar-refractivity contribution in [3.63, 3.8) is 0 Å². The van der Waals surface area contributed by atoms with Crippen molar-refractivity contribution >= 4 is 65.1 Å². The highest BCUT2D eigenvalue weighted by Gasteiger charge is 2.45. The van der Waals surface area contributed by atoms with Gasteiger partial charge in [-0.3, -0.25) is 67.4 Å². The molecule has 2 saturated heterocycles. The largest absolute Gasteiger partial charge is 0.508 e. The number of amides is 6. The maximum absolute atomic E-state index is 13.9. The number of ketones is 1. The molecular formula is C41H59N9O17. The van der Waals surface area contributed by atoms with Gasteiger partial charge in [0.2, 0.25) is 35.4 Å². The number of likely N-dealkylation sites (tertiary alicyclic amines) is 2. The number of Topliss-reactive ketones (excluding diaryl/α,β-unsaturated/α-hetero) is 1. The number of carbonyl (C=O) groups excluding carboxylic acids is 7. The van der Waals surface area contributed by atoms with Crippen LogP contribution in [0, 0.1) is 0 Å². The number of aliphatic hydroxyl groups excluding tert-OH is 1. The second-order valence-corrected chi connectivity index (χ2v) is 16.2. The molecule has 2 fully saturated rings. The van der Waals surface area contributed by atoms with Crippen LogP contribution in [-0.2, 0) is 59.2 Å². The van der Waals surface area contributed by atoms with E-state index in [9.17, 15) is 83.4 Å². The van der Waals surface area contributed by atoms with E-state index in [0.29, 0.717) is 12.0 Å². The zero-order valence-corrected chi connectivity index (χ0v) is 37.1. The van der Waals surface area contributed by atoms with Gasteiger partial charge in [-0.1, -0.05) is 12.1 Å². The van der Waals surface area contributed by atoms with E-state index < -0.39 is 135 Å². The number of hydrogen-bond donors (Lipinski definition) is 10. The Morgan fingerprint density at radius 3 is 1.75 bits per heavy atom. The molecule has 67 heavy (non-hydrogen) atoms. The van der Waals surface area contributed by atoms with Gasteiger partial charge in [0.05, 0.1) is 58.0 Å². The molecule has 0 bridgehead atoms. The Labute approximate surface area is 384 Å². The summed E-state index contributed by atoms with van der Waals surface area (Å²) in [5.41, 5.74) is 0.680. The Bertz CT molecular complexity index is 1910. The van der Waals surface area contributed by atoms with E-state index in [1.807, 2.05) is 0 Å². The molecule has 370 valence electrons. The Kier molecular flexibility index (Phi) is 21.5. The average molecular weight is 950 g/mol. The molecule has 5 atom stereocenters. The fourth-order valence-corrected chi connectivity index (χ4v) is 7.49. The number of nitrogens with zero attached hydrogens (tertiary/aromatic N) is 5. The molecule has 26 heteroatoms. The summed E-state index contributed by atoms with van der Waals surface area (Å²) in [5.74, 6) is -9.95. The van der Waals surface area contributed by atoms with Gasteiger partial charge in [0.1, 0.15) is 23.9 Å². The summed E-state index contributed by atoms with van der Waals surface area (Å²) in [6, 6.07) is 1.81. The Morgan fingerprint density at radius 2 is 1.22 bits per heavy atom. The second-order valence-electron chi connectivity index (χ2n) is 16.2. The lowest BCUT2D eigenvalue weighted by Gasteiger charge is -2.31. The minimum absolute atomic E-state index is 0.0327. The molecule has 10 N–H and O–H groups in total. The van der Waals surface area contributed by atoms with Crippen molar-refractivity contribution in [2.45, 2.75) is 69.8 Å². The van der Waals surface area contributed by atoms with Crippen molar-refractivity contribution in [2.75, 3.05) is 85.1 Å². The van der Waals surface area contributed by atoms with E-state index in [1.54, 1.807) is 12.1 Å². The molecule has 26 nitrogen and oxygen atoms in total. The van der Waals surface area contributed by atoms with E-state index in [2.05, 4.69) is 21.3 Å². The molecule has 0 aromatic heterocycles. The second kappa shape index (κ2) is 26.4. The molecule has 2 aliphatic rings. The van der Waals surface area contributed by atoms with Crippen molar-refractivity contribution < 1.29 is 83.4 Å². The zero-order valence-electron chi connectivity index (χ0n) is 37.1. The van der Waals surface area contributed by atoms with Gasteiger partial charge in [-0.2, -0.15) is 0 Å². The van der Waals surface area contributed by atoms with Crippen molar-refractivity contribution in [1.82, 2.24) is 45.8 Å². The predicted octanol–water partition coefficient (Wildman–Crippen LogP) is -5.06. The summed E-state index contributed by atoms with van der Waals surface area (Å²) in [6.07, 6.45) is -0.362. The molecule has 1 aromatic carbocycles. The van der Waals surface area contributed by atoms with Gasteiger partial charge in [0, 0.05) is 45.7 Å². The third-order valence-corrected chi connectivity index (χ3v) is 10.8. The van der Waals surface area contributed by atoms with Crippen LogP contribution in [0.1, 0.15) is 38.7 Å². The number of β-amino-alcohol motifs (C(OH)–C–C–N with tert-alkyl or cyclic N) is 1. The topological polar surface area (TPSA) is 373 Å². The molecule has 0 spiro atoms. The van der Waals surface area contributed by atoms with Gasteiger partial charge in [0.25, 0.3) is 0 Å². The molecule has 2 aliphatic heterocycles. The number of nitrogens with one attached hydrogen (secondary N) is 4. The van der Waals surface area contributed by atoms with E-state index in [1.165, 1.54) is 35.8 Å². The number of carbonyl (C=O) groups is 11. The van der Waals surface area contributed by atoms with Gasteiger partial charge < -0.3 is 61.7 Å². The van der Waals surface area contributed by atoms with Crippen LogP contribution >= 0.6 is 0 Å². The lowest BCUT2D eigenvalue weighted by molar-refractivity contribution is -0.146. The Balaban J connectivity index is 1.54. The van der Waals surface area contributed by atoms with Crippen LogP contribution in [0.5, 0.6) is 5.75 Å². The lowest BCUT2D eigenvalue weighted by Crippen LogP contribution is -2.56. The summed E-state index contributed by atoms with van der Waals surface area (Å²) in [4.78, 5) is 143. The third kappa shape index (κ3) is 18.9. The first kappa shape index (κ1) is 54.6. The van der Waals surface area contributed by atoms with E-state index >= 15 is 0 Å². The smallest absolute Gasteiger partial charge is 0.317 e. The van der Waals surface area contributed by atoms with Gasteiger partial charge in [-0.15, -0.1) is 0 Å². The monoisotopic (exact) mass is 949 g/mol. The molecule has 0 aliphatic carbocycles. The summed E-state index contributed by atoms with van der Waals surface area (Å²) in [6.45, 7) is -2.49. The van der Waals surface area contributed by atoms with Gasteiger partial charge >= 0.3 is 23.9 Å². The fraction of sp³-hybridized carbons (Fsp3) is 0.585. The molecule has 2 heterocycles. The molecule has 4 unspecified atom stereocenters. The van der Waals surface area contributed by atoms with Crippen LogP contribution < -0.4 is 21.3 Å². The Hall–Kier alpha value is -6.77. The minimum atomic E-state index is -1.32. The summed E-state index contributed by atoms with van der Waals surface area (Å²) in [7, 11) is 0. The van der Waals surface area contributed by atoms with Crippen LogP contribution in [0.3, 0.4) is 0 Å². The van der Waals surface area contributed by atoms with Crippen LogP contribution in [0.2, 0.25) is 0 Å². The van der Waals surface area contributed by atoms with E-state index in [-0.39, 0.29) is 70.1 Å². The lowest BCUT2D eigenvalue weighted by atomic mass is 10.0. The highest BCUT2D eigenvalue weighted by molar-refractivity contribution is 5.96. The first-order valence-corrected chi connectivity index (χ1v) is 21.3. The highest BCUT2D eigenvalue weighted by atomic mass is 16.4. The third-order valence-electron chi connectivity index (χ3n) is 10.8. The fourth-order valence-electron chi connectivity index (χ4n) is 7.49. The maximum atomic E-state index is 13.9. The number of phenolic OH excluding ortho intramolecular Hbond substituents is 1. The van der Waals surface area contributed by atoms with E-state index in [4.69, 9.17) is 0 Å². The minimum Gasteiger partial charge on any atom is -0.508 e. The van der Waals surface area contributed by atoms with Gasteiger partial charge in [-0.25, -0.2) is 0 Å². The number of aliphatic carboxylic acids is 4. The average Bonchev–Trinajstić information content (AvgIpc) is 3.89.